The molecule has 0 atom stereocenters. The summed E-state index contributed by atoms with van der Waals surface area (Å²) < 4.78 is 10.7. The first-order valence-corrected chi connectivity index (χ1v) is 9.01. The second kappa shape index (κ2) is 9.69. The Morgan fingerprint density at radius 3 is 2.63 bits per heavy atom. The number of hydrazone groups is 1. The van der Waals surface area contributed by atoms with Gasteiger partial charge in [0.2, 0.25) is 0 Å². The number of rotatable bonds is 7. The van der Waals surface area contributed by atoms with Gasteiger partial charge in [-0.25, -0.2) is 5.43 Å². The molecular weight excluding hydrogens is 415 g/mol. The van der Waals surface area contributed by atoms with Gasteiger partial charge in [-0.1, -0.05) is 34.8 Å². The number of phenolic OH excluding ortho intramolecular Hbond substituents is 1. The lowest BCUT2D eigenvalue weighted by Gasteiger charge is -2.11. The Morgan fingerprint density at radius 1 is 1.22 bits per heavy atom. The van der Waals surface area contributed by atoms with Crippen molar-refractivity contribution in [2.75, 3.05) is 13.2 Å². The quantitative estimate of drug-likeness (QED) is 0.496. The highest BCUT2D eigenvalue weighted by Gasteiger charge is 2.15. The van der Waals surface area contributed by atoms with Crippen LogP contribution in [-0.2, 0) is 4.79 Å². The van der Waals surface area contributed by atoms with Crippen LogP contribution in [0.4, 0.5) is 0 Å². The zero-order chi connectivity index (χ0) is 20.0. The predicted molar refractivity (Wildman–Crippen MR) is 107 cm³/mol. The Bertz CT molecular complexity index is 872. The van der Waals surface area contributed by atoms with Gasteiger partial charge in [-0.15, -0.1) is 0 Å². The molecule has 0 aliphatic rings. The number of carbonyl (C=O) groups is 1. The number of phenols is 1. The van der Waals surface area contributed by atoms with Crippen LogP contribution in [0.2, 0.25) is 15.1 Å². The van der Waals surface area contributed by atoms with Crippen LogP contribution in [0, 0.1) is 6.92 Å². The SMILES string of the molecule is CCOc1cc(Cl)c(Cl)c(/C=N\NC(=O)COc2ccc(Cl)cc2C)c1O. The number of hydrogen-bond donors (Lipinski definition) is 2. The normalized spacial score (nSPS) is 10.9. The van der Waals surface area contributed by atoms with E-state index in [0.717, 1.165) is 5.56 Å². The van der Waals surface area contributed by atoms with E-state index in [-0.39, 0.29) is 33.7 Å². The van der Waals surface area contributed by atoms with Gasteiger partial charge >= 0.3 is 0 Å². The molecule has 0 bridgehead atoms. The van der Waals surface area contributed by atoms with Crippen molar-refractivity contribution in [2.24, 2.45) is 5.10 Å². The van der Waals surface area contributed by atoms with Crippen molar-refractivity contribution < 1.29 is 19.4 Å². The molecule has 27 heavy (non-hydrogen) atoms. The number of benzene rings is 2. The first-order chi connectivity index (χ1) is 12.8. The molecule has 0 aliphatic heterocycles. The average Bonchev–Trinajstić information content (AvgIpc) is 2.62. The Kier molecular flexibility index (Phi) is 7.59. The smallest absolute Gasteiger partial charge is 0.277 e. The minimum atomic E-state index is -0.497. The molecule has 9 heteroatoms. The number of ether oxygens (including phenoxy) is 2. The lowest BCUT2D eigenvalue weighted by Crippen LogP contribution is -2.24. The largest absolute Gasteiger partial charge is 0.504 e. The van der Waals surface area contributed by atoms with Crippen molar-refractivity contribution >= 4 is 46.9 Å². The topological polar surface area (TPSA) is 80.2 Å². The second-order valence-corrected chi connectivity index (χ2v) is 6.58. The van der Waals surface area contributed by atoms with Crippen molar-refractivity contribution in [3.63, 3.8) is 0 Å². The summed E-state index contributed by atoms with van der Waals surface area (Å²) in [5.74, 6) is -0.0165. The average molecular weight is 432 g/mol. The van der Waals surface area contributed by atoms with E-state index < -0.39 is 5.91 Å². The molecule has 0 fully saturated rings. The molecular formula is C18H17Cl3N2O4. The number of carbonyl (C=O) groups excluding carboxylic acids is 1. The van der Waals surface area contributed by atoms with E-state index >= 15 is 0 Å². The summed E-state index contributed by atoms with van der Waals surface area (Å²) in [7, 11) is 0. The zero-order valence-electron chi connectivity index (χ0n) is 14.6. The van der Waals surface area contributed by atoms with Crippen LogP contribution in [0.5, 0.6) is 17.2 Å². The molecule has 0 aliphatic carbocycles. The molecule has 6 nitrogen and oxygen atoms in total. The highest BCUT2D eigenvalue weighted by Crippen LogP contribution is 2.39. The summed E-state index contributed by atoms with van der Waals surface area (Å²) in [6.45, 7) is 3.66. The first-order valence-electron chi connectivity index (χ1n) is 7.88. The number of halogens is 3. The van der Waals surface area contributed by atoms with Crippen molar-refractivity contribution in [3.05, 3.63) is 50.5 Å². The van der Waals surface area contributed by atoms with E-state index in [2.05, 4.69) is 10.5 Å². The first kappa shape index (κ1) is 21.2. The molecule has 0 radical (unpaired) electrons. The van der Waals surface area contributed by atoms with Crippen molar-refractivity contribution in [2.45, 2.75) is 13.8 Å². The maximum atomic E-state index is 11.9. The molecule has 2 rings (SSSR count). The maximum Gasteiger partial charge on any atom is 0.277 e. The Labute approximate surface area is 171 Å². The molecule has 2 N–H and O–H groups in total. The fourth-order valence-electron chi connectivity index (χ4n) is 2.11. The van der Waals surface area contributed by atoms with Gasteiger partial charge in [-0.05, 0) is 37.6 Å². The Hall–Kier alpha value is -2.15. The predicted octanol–water partition coefficient (Wildman–Crippen LogP) is 4.59. The number of nitrogens with one attached hydrogen (secondary N) is 1. The third kappa shape index (κ3) is 5.66. The van der Waals surface area contributed by atoms with Crippen molar-refractivity contribution in [1.29, 1.82) is 0 Å². The van der Waals surface area contributed by atoms with E-state index in [1.54, 1.807) is 25.1 Å². The van der Waals surface area contributed by atoms with Gasteiger partial charge in [0.1, 0.15) is 5.75 Å². The maximum absolute atomic E-state index is 11.9. The highest BCUT2D eigenvalue weighted by molar-refractivity contribution is 6.43. The molecule has 0 saturated carbocycles. The zero-order valence-corrected chi connectivity index (χ0v) is 16.8. The van der Waals surface area contributed by atoms with Crippen LogP contribution < -0.4 is 14.9 Å². The van der Waals surface area contributed by atoms with Gasteiger partial charge in [-0.3, -0.25) is 4.79 Å². The molecule has 0 heterocycles. The number of nitrogens with zero attached hydrogens (tertiary/aromatic N) is 1. The summed E-state index contributed by atoms with van der Waals surface area (Å²) in [6, 6.07) is 6.47. The second-order valence-electron chi connectivity index (χ2n) is 5.36. The van der Waals surface area contributed by atoms with Crippen LogP contribution in [0.1, 0.15) is 18.1 Å². The third-order valence-electron chi connectivity index (χ3n) is 3.37. The van der Waals surface area contributed by atoms with Crippen LogP contribution in [0.25, 0.3) is 0 Å². The van der Waals surface area contributed by atoms with Crippen LogP contribution in [0.3, 0.4) is 0 Å². The monoisotopic (exact) mass is 430 g/mol. The van der Waals surface area contributed by atoms with Gasteiger partial charge in [0.25, 0.3) is 5.91 Å². The van der Waals surface area contributed by atoms with Gasteiger partial charge in [0.05, 0.1) is 28.4 Å². The summed E-state index contributed by atoms with van der Waals surface area (Å²) in [5.41, 5.74) is 3.21. The molecule has 1 amide bonds. The number of aromatic hydroxyl groups is 1. The van der Waals surface area contributed by atoms with Crippen LogP contribution in [0.15, 0.2) is 29.4 Å². The van der Waals surface area contributed by atoms with E-state index in [1.807, 2.05) is 6.92 Å². The summed E-state index contributed by atoms with van der Waals surface area (Å²) in [4.78, 5) is 11.9. The molecule has 144 valence electrons. The Balaban J connectivity index is 2.01. The summed E-state index contributed by atoms with van der Waals surface area (Å²) >= 11 is 18.0. The van der Waals surface area contributed by atoms with Crippen molar-refractivity contribution in [1.82, 2.24) is 5.43 Å². The van der Waals surface area contributed by atoms with E-state index in [0.29, 0.717) is 17.4 Å². The van der Waals surface area contributed by atoms with E-state index in [1.165, 1.54) is 12.3 Å². The Morgan fingerprint density at radius 2 is 1.96 bits per heavy atom. The molecule has 0 aromatic heterocycles. The minimum Gasteiger partial charge on any atom is -0.504 e. The van der Waals surface area contributed by atoms with Gasteiger partial charge in [0.15, 0.2) is 18.1 Å². The lowest BCUT2D eigenvalue weighted by atomic mass is 10.2. The fraction of sp³-hybridized carbons (Fsp3) is 0.222. The molecule has 0 saturated heterocycles. The molecule has 2 aromatic carbocycles. The minimum absolute atomic E-state index is 0.0867. The van der Waals surface area contributed by atoms with Gasteiger partial charge in [0, 0.05) is 11.1 Å². The molecule has 0 unspecified atom stereocenters. The highest BCUT2D eigenvalue weighted by atomic mass is 35.5. The van der Waals surface area contributed by atoms with Gasteiger partial charge < -0.3 is 14.6 Å². The number of hydrogen-bond acceptors (Lipinski definition) is 5. The van der Waals surface area contributed by atoms with E-state index in [4.69, 9.17) is 44.3 Å². The summed E-state index contributed by atoms with van der Waals surface area (Å²) in [5, 5.41) is 14.8. The van der Waals surface area contributed by atoms with Gasteiger partial charge in [-0.2, -0.15) is 5.10 Å². The third-order valence-corrected chi connectivity index (χ3v) is 4.41. The van der Waals surface area contributed by atoms with Crippen LogP contribution in [-0.4, -0.2) is 30.4 Å². The lowest BCUT2D eigenvalue weighted by molar-refractivity contribution is -0.123. The fourth-order valence-corrected chi connectivity index (χ4v) is 2.74. The van der Waals surface area contributed by atoms with Crippen LogP contribution >= 0.6 is 34.8 Å². The van der Waals surface area contributed by atoms with E-state index in [9.17, 15) is 9.90 Å². The molecule has 0 spiro atoms. The standard InChI is InChI=1S/C18H17Cl3N2O4/c1-3-26-15-7-13(20)17(21)12(18(15)25)8-22-23-16(24)9-27-14-5-4-11(19)6-10(14)2/h4-8,25H,3,9H2,1-2H3,(H,23,24)/b22-8-. The number of amides is 1. The van der Waals surface area contributed by atoms with Crippen molar-refractivity contribution in [3.8, 4) is 17.2 Å². The number of aryl methyl sites for hydroxylation is 1. The molecule has 2 aromatic rings. The summed E-state index contributed by atoms with van der Waals surface area (Å²) in [6.07, 6.45) is 1.18.